The van der Waals surface area contributed by atoms with Crippen molar-refractivity contribution in [3.63, 3.8) is 0 Å². The smallest absolute Gasteiger partial charge is 0.334 e. The van der Waals surface area contributed by atoms with Gasteiger partial charge >= 0.3 is 5.97 Å². The number of rotatable bonds is 20. The highest BCUT2D eigenvalue weighted by molar-refractivity contribution is 5.87. The van der Waals surface area contributed by atoms with Gasteiger partial charge in [0, 0.05) is 5.57 Å². The van der Waals surface area contributed by atoms with Crippen LogP contribution in [0.3, 0.4) is 0 Å². The molecular formula is C25H49NO2. The van der Waals surface area contributed by atoms with Crippen LogP contribution in [0, 0.1) is 0 Å². The van der Waals surface area contributed by atoms with Crippen molar-refractivity contribution in [2.75, 3.05) is 14.1 Å². The van der Waals surface area contributed by atoms with E-state index in [9.17, 15) is 4.79 Å². The van der Waals surface area contributed by atoms with Gasteiger partial charge in [-0.1, -0.05) is 110 Å². The van der Waals surface area contributed by atoms with E-state index < -0.39 is 0 Å². The van der Waals surface area contributed by atoms with E-state index in [0.29, 0.717) is 5.57 Å². The van der Waals surface area contributed by atoms with Crippen LogP contribution in [0.1, 0.15) is 123 Å². The van der Waals surface area contributed by atoms with E-state index in [-0.39, 0.29) is 12.2 Å². The molecule has 0 aromatic heterocycles. The summed E-state index contributed by atoms with van der Waals surface area (Å²) in [5, 5.41) is 0. The fraction of sp³-hybridized carbons (Fsp3) is 0.880. The van der Waals surface area contributed by atoms with Crippen molar-refractivity contribution in [3.8, 4) is 0 Å². The van der Waals surface area contributed by atoms with Crippen LogP contribution in [0.15, 0.2) is 12.2 Å². The van der Waals surface area contributed by atoms with Gasteiger partial charge in [-0.3, -0.25) is 4.90 Å². The minimum atomic E-state index is -0.282. The molecule has 1 unspecified atom stereocenters. The maximum Gasteiger partial charge on any atom is 0.334 e. The SMILES string of the molecule is C=C(C)C(=O)OC(CCCCCCCCCCCCCCCCCC)N(C)C. The maximum absolute atomic E-state index is 11.7. The second-order valence-corrected chi connectivity index (χ2v) is 8.70. The molecule has 0 radical (unpaired) electrons. The molecule has 0 fully saturated rings. The predicted molar refractivity (Wildman–Crippen MR) is 123 cm³/mol. The van der Waals surface area contributed by atoms with Crippen LogP contribution in [0.2, 0.25) is 0 Å². The van der Waals surface area contributed by atoms with E-state index in [2.05, 4.69) is 13.5 Å². The first-order valence-electron chi connectivity index (χ1n) is 12.0. The highest BCUT2D eigenvalue weighted by Crippen LogP contribution is 2.15. The fourth-order valence-electron chi connectivity index (χ4n) is 3.51. The lowest BCUT2D eigenvalue weighted by Gasteiger charge is -2.24. The lowest BCUT2D eigenvalue weighted by molar-refractivity contribution is -0.152. The van der Waals surface area contributed by atoms with Gasteiger partial charge in [-0.25, -0.2) is 4.79 Å². The molecule has 3 heteroatoms. The quantitative estimate of drug-likeness (QED) is 0.0917. The molecule has 0 amide bonds. The third kappa shape index (κ3) is 17.3. The molecule has 0 saturated heterocycles. The number of carbonyl (C=O) groups is 1. The molecule has 0 saturated carbocycles. The molecule has 0 aliphatic rings. The molecule has 1 atom stereocenters. The molecule has 0 heterocycles. The van der Waals surface area contributed by atoms with E-state index in [0.717, 1.165) is 12.8 Å². The van der Waals surface area contributed by atoms with Gasteiger partial charge in [0.25, 0.3) is 0 Å². The third-order valence-corrected chi connectivity index (χ3v) is 5.47. The molecule has 0 N–H and O–H groups in total. The molecule has 0 aromatic rings. The summed E-state index contributed by atoms with van der Waals surface area (Å²) in [5.41, 5.74) is 0.471. The van der Waals surface area contributed by atoms with Gasteiger partial charge in [-0.15, -0.1) is 0 Å². The van der Waals surface area contributed by atoms with Crippen LogP contribution < -0.4 is 0 Å². The Kier molecular flexibility index (Phi) is 18.9. The monoisotopic (exact) mass is 395 g/mol. The molecular weight excluding hydrogens is 346 g/mol. The Bertz CT molecular complexity index is 379. The first-order valence-corrected chi connectivity index (χ1v) is 12.0. The molecule has 0 aromatic carbocycles. The topological polar surface area (TPSA) is 29.5 Å². The minimum Gasteiger partial charge on any atom is -0.443 e. The largest absolute Gasteiger partial charge is 0.443 e. The number of hydrogen-bond acceptors (Lipinski definition) is 3. The van der Waals surface area contributed by atoms with E-state index in [1.807, 2.05) is 19.0 Å². The van der Waals surface area contributed by atoms with Crippen LogP contribution in [0.25, 0.3) is 0 Å². The lowest BCUT2D eigenvalue weighted by atomic mass is 10.0. The standard InChI is InChI=1S/C25H49NO2/c1-6-7-8-9-10-11-12-13-14-15-16-17-18-19-20-21-22-24(26(4)5)28-25(27)23(2)3/h24H,2,6-22H2,1,3-5H3. The van der Waals surface area contributed by atoms with Crippen LogP contribution in [0.4, 0.5) is 0 Å². The molecule has 0 spiro atoms. The van der Waals surface area contributed by atoms with Gasteiger partial charge in [-0.2, -0.15) is 0 Å². The highest BCUT2D eigenvalue weighted by atomic mass is 16.6. The van der Waals surface area contributed by atoms with Crippen LogP contribution >= 0.6 is 0 Å². The maximum atomic E-state index is 11.7. The van der Waals surface area contributed by atoms with Crippen molar-refractivity contribution >= 4 is 5.97 Å². The second-order valence-electron chi connectivity index (χ2n) is 8.70. The molecule has 0 bridgehead atoms. The van der Waals surface area contributed by atoms with E-state index in [1.165, 1.54) is 96.3 Å². The molecule has 166 valence electrons. The fourth-order valence-corrected chi connectivity index (χ4v) is 3.51. The summed E-state index contributed by atoms with van der Waals surface area (Å²) in [6.07, 6.45) is 22.8. The summed E-state index contributed by atoms with van der Waals surface area (Å²) < 4.78 is 5.49. The van der Waals surface area contributed by atoms with Gasteiger partial charge in [-0.05, 0) is 33.9 Å². The Morgan fingerprint density at radius 1 is 0.750 bits per heavy atom. The van der Waals surface area contributed by atoms with Crippen molar-refractivity contribution in [2.24, 2.45) is 0 Å². The summed E-state index contributed by atoms with van der Waals surface area (Å²) in [4.78, 5) is 13.7. The van der Waals surface area contributed by atoms with Gasteiger partial charge in [0.05, 0.1) is 0 Å². The minimum absolute atomic E-state index is 0.129. The van der Waals surface area contributed by atoms with Crippen LogP contribution in [-0.4, -0.2) is 31.2 Å². The van der Waals surface area contributed by atoms with Gasteiger partial charge < -0.3 is 4.74 Å². The first-order chi connectivity index (χ1) is 13.5. The lowest BCUT2D eigenvalue weighted by Crippen LogP contribution is -2.33. The Morgan fingerprint density at radius 2 is 1.11 bits per heavy atom. The Labute approximate surface area is 176 Å². The third-order valence-electron chi connectivity index (χ3n) is 5.47. The molecule has 28 heavy (non-hydrogen) atoms. The molecule has 0 rings (SSSR count). The highest BCUT2D eigenvalue weighted by Gasteiger charge is 2.16. The summed E-state index contributed by atoms with van der Waals surface area (Å²) in [6, 6.07) is 0. The summed E-state index contributed by atoms with van der Waals surface area (Å²) >= 11 is 0. The zero-order valence-electron chi connectivity index (χ0n) is 19.6. The van der Waals surface area contributed by atoms with Gasteiger partial charge in [0.1, 0.15) is 0 Å². The first kappa shape index (κ1) is 27.2. The van der Waals surface area contributed by atoms with Crippen molar-refractivity contribution in [1.82, 2.24) is 4.90 Å². The molecule has 0 aliphatic heterocycles. The van der Waals surface area contributed by atoms with E-state index in [4.69, 9.17) is 4.74 Å². The normalized spacial score (nSPS) is 12.3. The number of carbonyl (C=O) groups excluding carboxylic acids is 1. The van der Waals surface area contributed by atoms with Gasteiger partial charge in [0.15, 0.2) is 6.23 Å². The Morgan fingerprint density at radius 3 is 1.43 bits per heavy atom. The van der Waals surface area contributed by atoms with Gasteiger partial charge in [0.2, 0.25) is 0 Å². The van der Waals surface area contributed by atoms with E-state index in [1.54, 1.807) is 6.92 Å². The zero-order chi connectivity index (χ0) is 21.0. The Balaban J connectivity index is 3.40. The zero-order valence-corrected chi connectivity index (χ0v) is 19.6. The number of esters is 1. The number of nitrogens with zero attached hydrogens (tertiary/aromatic N) is 1. The molecule has 0 aliphatic carbocycles. The summed E-state index contributed by atoms with van der Waals surface area (Å²) in [6.45, 7) is 7.63. The number of hydrogen-bond donors (Lipinski definition) is 0. The average molecular weight is 396 g/mol. The van der Waals surface area contributed by atoms with Crippen molar-refractivity contribution in [1.29, 1.82) is 0 Å². The average Bonchev–Trinajstić information content (AvgIpc) is 2.66. The predicted octanol–water partition coefficient (Wildman–Crippen LogP) is 7.65. The summed E-state index contributed by atoms with van der Waals surface area (Å²) in [5.74, 6) is -0.282. The number of unbranched alkanes of at least 4 members (excludes halogenated alkanes) is 15. The second kappa shape index (κ2) is 19.5. The van der Waals surface area contributed by atoms with Crippen molar-refractivity contribution in [2.45, 2.75) is 129 Å². The Hall–Kier alpha value is -0.830. The number of ether oxygens (including phenoxy) is 1. The van der Waals surface area contributed by atoms with E-state index >= 15 is 0 Å². The van der Waals surface area contributed by atoms with Crippen molar-refractivity contribution < 1.29 is 9.53 Å². The van der Waals surface area contributed by atoms with Crippen molar-refractivity contribution in [3.05, 3.63) is 12.2 Å². The van der Waals surface area contributed by atoms with Crippen LogP contribution in [0.5, 0.6) is 0 Å². The van der Waals surface area contributed by atoms with Crippen LogP contribution in [-0.2, 0) is 9.53 Å². The molecule has 3 nitrogen and oxygen atoms in total. The summed E-state index contributed by atoms with van der Waals surface area (Å²) in [7, 11) is 3.92.